The number of carbonyl (C=O) groups excluding carboxylic acids is 1. The Bertz CT molecular complexity index is 702. The Balaban J connectivity index is 1.80. The standard InChI is InChI=1S/C18H23N3O2/c1-4-23-13-7-5-12(6-8-13)9-15-20-14-10-18(2,3)11-19-17(22)16(14)21-15/h5-8H,4,9-11H2,1-3H3,(H,19,22)(H,20,21). The summed E-state index contributed by atoms with van der Waals surface area (Å²) in [6.07, 6.45) is 1.49. The molecule has 0 fully saturated rings. The van der Waals surface area contributed by atoms with Gasteiger partial charge in [-0.3, -0.25) is 4.79 Å². The quantitative estimate of drug-likeness (QED) is 0.912. The van der Waals surface area contributed by atoms with Gasteiger partial charge in [-0.2, -0.15) is 0 Å². The van der Waals surface area contributed by atoms with Crippen molar-refractivity contribution in [3.05, 3.63) is 47.0 Å². The molecule has 0 bridgehead atoms. The first-order chi connectivity index (χ1) is 11.0. The van der Waals surface area contributed by atoms with E-state index in [9.17, 15) is 4.79 Å². The summed E-state index contributed by atoms with van der Waals surface area (Å²) < 4.78 is 5.45. The van der Waals surface area contributed by atoms with Crippen molar-refractivity contribution in [3.8, 4) is 5.75 Å². The summed E-state index contributed by atoms with van der Waals surface area (Å²) in [5.74, 6) is 1.61. The molecule has 2 N–H and O–H groups in total. The highest BCUT2D eigenvalue weighted by atomic mass is 16.5. The Labute approximate surface area is 136 Å². The molecule has 1 amide bonds. The zero-order valence-corrected chi connectivity index (χ0v) is 13.9. The molecule has 0 aliphatic carbocycles. The van der Waals surface area contributed by atoms with Gasteiger partial charge < -0.3 is 15.0 Å². The summed E-state index contributed by atoms with van der Waals surface area (Å²) in [5.41, 5.74) is 2.64. The average molecular weight is 313 g/mol. The maximum absolute atomic E-state index is 12.2. The molecule has 5 heteroatoms. The second-order valence-electron chi connectivity index (χ2n) is 6.79. The Hall–Kier alpha value is -2.30. The van der Waals surface area contributed by atoms with Crippen LogP contribution in [0.25, 0.3) is 0 Å². The minimum Gasteiger partial charge on any atom is -0.494 e. The lowest BCUT2D eigenvalue weighted by Gasteiger charge is -2.21. The van der Waals surface area contributed by atoms with E-state index in [-0.39, 0.29) is 11.3 Å². The molecule has 1 aliphatic rings. The Morgan fingerprint density at radius 1 is 1.26 bits per heavy atom. The van der Waals surface area contributed by atoms with E-state index in [0.717, 1.165) is 29.3 Å². The number of rotatable bonds is 4. The first-order valence-corrected chi connectivity index (χ1v) is 8.04. The number of aromatic amines is 1. The zero-order chi connectivity index (χ0) is 16.4. The molecule has 3 rings (SSSR count). The number of fused-ring (bicyclic) bond motifs is 1. The van der Waals surface area contributed by atoms with Crippen LogP contribution >= 0.6 is 0 Å². The maximum Gasteiger partial charge on any atom is 0.271 e. The van der Waals surface area contributed by atoms with Gasteiger partial charge in [-0.1, -0.05) is 26.0 Å². The second-order valence-corrected chi connectivity index (χ2v) is 6.79. The SMILES string of the molecule is CCOc1ccc(Cc2nc3c([nH]2)CC(C)(C)CNC3=O)cc1. The number of benzene rings is 1. The van der Waals surface area contributed by atoms with Crippen molar-refractivity contribution in [2.75, 3.05) is 13.2 Å². The van der Waals surface area contributed by atoms with Crippen LogP contribution in [0.2, 0.25) is 0 Å². The predicted octanol–water partition coefficient (Wildman–Crippen LogP) is 2.71. The molecule has 1 aromatic carbocycles. The second kappa shape index (κ2) is 6.07. The van der Waals surface area contributed by atoms with E-state index in [4.69, 9.17) is 4.74 Å². The van der Waals surface area contributed by atoms with Crippen LogP contribution in [0.3, 0.4) is 0 Å². The molecule has 0 radical (unpaired) electrons. The molecule has 1 aliphatic heterocycles. The predicted molar refractivity (Wildman–Crippen MR) is 88.8 cm³/mol. The molecule has 0 saturated heterocycles. The van der Waals surface area contributed by atoms with Crippen molar-refractivity contribution in [2.45, 2.75) is 33.6 Å². The van der Waals surface area contributed by atoms with Crippen LogP contribution in [-0.2, 0) is 12.8 Å². The number of amides is 1. The molecular formula is C18H23N3O2. The highest BCUT2D eigenvalue weighted by molar-refractivity contribution is 5.94. The lowest BCUT2D eigenvalue weighted by atomic mass is 9.88. The normalized spacial score (nSPS) is 16.4. The number of imidazole rings is 1. The number of nitrogens with one attached hydrogen (secondary N) is 2. The van der Waals surface area contributed by atoms with Crippen molar-refractivity contribution in [1.29, 1.82) is 0 Å². The molecule has 1 aromatic heterocycles. The van der Waals surface area contributed by atoms with E-state index in [2.05, 4.69) is 29.1 Å². The van der Waals surface area contributed by atoms with Gasteiger partial charge >= 0.3 is 0 Å². The molecule has 2 heterocycles. The highest BCUT2D eigenvalue weighted by Crippen LogP contribution is 2.25. The number of ether oxygens (including phenoxy) is 1. The monoisotopic (exact) mass is 313 g/mol. The number of hydrogen-bond acceptors (Lipinski definition) is 3. The van der Waals surface area contributed by atoms with Crippen LogP contribution in [-0.4, -0.2) is 29.0 Å². The number of H-pyrrole nitrogens is 1. The van der Waals surface area contributed by atoms with Gasteiger partial charge in [0.25, 0.3) is 5.91 Å². The summed E-state index contributed by atoms with van der Waals surface area (Å²) in [4.78, 5) is 20.0. The summed E-state index contributed by atoms with van der Waals surface area (Å²) in [6, 6.07) is 7.98. The zero-order valence-electron chi connectivity index (χ0n) is 13.9. The van der Waals surface area contributed by atoms with Crippen molar-refractivity contribution in [1.82, 2.24) is 15.3 Å². The first kappa shape index (κ1) is 15.6. The third-order valence-corrected chi connectivity index (χ3v) is 4.03. The fourth-order valence-electron chi connectivity index (χ4n) is 2.87. The van der Waals surface area contributed by atoms with Gasteiger partial charge in [0, 0.05) is 18.7 Å². The van der Waals surface area contributed by atoms with E-state index in [1.54, 1.807) is 0 Å². The van der Waals surface area contributed by atoms with Gasteiger partial charge in [0.05, 0.1) is 6.61 Å². The summed E-state index contributed by atoms with van der Waals surface area (Å²) in [6.45, 7) is 7.60. The molecule has 0 spiro atoms. The van der Waals surface area contributed by atoms with E-state index in [1.807, 2.05) is 31.2 Å². The van der Waals surface area contributed by atoms with Gasteiger partial charge in [-0.25, -0.2) is 4.98 Å². The largest absolute Gasteiger partial charge is 0.494 e. The molecule has 2 aromatic rings. The molecule has 0 saturated carbocycles. The van der Waals surface area contributed by atoms with Crippen LogP contribution in [0.4, 0.5) is 0 Å². The van der Waals surface area contributed by atoms with E-state index < -0.39 is 0 Å². The van der Waals surface area contributed by atoms with Crippen LogP contribution in [0.1, 0.15) is 48.3 Å². The smallest absolute Gasteiger partial charge is 0.271 e. The van der Waals surface area contributed by atoms with Crippen molar-refractivity contribution >= 4 is 5.91 Å². The average Bonchev–Trinajstić information content (AvgIpc) is 2.84. The van der Waals surface area contributed by atoms with Gasteiger partial charge in [0.15, 0.2) is 0 Å². The van der Waals surface area contributed by atoms with Crippen molar-refractivity contribution in [3.63, 3.8) is 0 Å². The Morgan fingerprint density at radius 2 is 2.00 bits per heavy atom. The van der Waals surface area contributed by atoms with Crippen LogP contribution in [0.15, 0.2) is 24.3 Å². The van der Waals surface area contributed by atoms with Gasteiger partial charge in [-0.05, 0) is 36.5 Å². The minimum atomic E-state index is -0.0835. The molecule has 0 atom stereocenters. The Morgan fingerprint density at radius 3 is 2.70 bits per heavy atom. The van der Waals surface area contributed by atoms with Crippen LogP contribution < -0.4 is 10.1 Å². The fourth-order valence-corrected chi connectivity index (χ4v) is 2.87. The molecular weight excluding hydrogens is 290 g/mol. The first-order valence-electron chi connectivity index (χ1n) is 8.04. The molecule has 5 nitrogen and oxygen atoms in total. The highest BCUT2D eigenvalue weighted by Gasteiger charge is 2.29. The lowest BCUT2D eigenvalue weighted by molar-refractivity contribution is 0.0940. The molecule has 0 unspecified atom stereocenters. The summed E-state index contributed by atoms with van der Waals surface area (Å²) in [7, 11) is 0. The topological polar surface area (TPSA) is 67.0 Å². The third-order valence-electron chi connectivity index (χ3n) is 4.03. The number of hydrogen-bond donors (Lipinski definition) is 2. The minimum absolute atomic E-state index is 0.0316. The van der Waals surface area contributed by atoms with Crippen molar-refractivity contribution < 1.29 is 9.53 Å². The van der Waals surface area contributed by atoms with E-state index in [0.29, 0.717) is 25.3 Å². The van der Waals surface area contributed by atoms with E-state index >= 15 is 0 Å². The maximum atomic E-state index is 12.2. The number of nitrogens with zero attached hydrogens (tertiary/aromatic N) is 1. The molecule has 23 heavy (non-hydrogen) atoms. The number of carbonyl (C=O) groups is 1. The van der Waals surface area contributed by atoms with E-state index in [1.165, 1.54) is 0 Å². The number of aromatic nitrogens is 2. The van der Waals surface area contributed by atoms with Gasteiger partial charge in [0.2, 0.25) is 0 Å². The molecule has 122 valence electrons. The Kier molecular flexibility index (Phi) is 4.11. The summed E-state index contributed by atoms with van der Waals surface area (Å²) in [5, 5.41) is 2.95. The van der Waals surface area contributed by atoms with Crippen LogP contribution in [0, 0.1) is 5.41 Å². The lowest BCUT2D eigenvalue weighted by Crippen LogP contribution is -2.32. The third kappa shape index (κ3) is 3.55. The summed E-state index contributed by atoms with van der Waals surface area (Å²) >= 11 is 0. The van der Waals surface area contributed by atoms with Gasteiger partial charge in [0.1, 0.15) is 17.3 Å². The fraction of sp³-hybridized carbons (Fsp3) is 0.444. The van der Waals surface area contributed by atoms with Crippen LogP contribution in [0.5, 0.6) is 5.75 Å². The van der Waals surface area contributed by atoms with Gasteiger partial charge in [-0.15, -0.1) is 0 Å². The van der Waals surface area contributed by atoms with Crippen molar-refractivity contribution in [2.24, 2.45) is 5.41 Å².